The Kier molecular flexibility index (Phi) is 3.67. The molecule has 4 unspecified atom stereocenters. The van der Waals surface area contributed by atoms with E-state index in [9.17, 15) is 14.4 Å². The van der Waals surface area contributed by atoms with Crippen molar-refractivity contribution in [3.05, 3.63) is 28.8 Å². The molecule has 1 aromatic carbocycles. The summed E-state index contributed by atoms with van der Waals surface area (Å²) in [5.74, 6) is -2.01. The lowest BCUT2D eigenvalue weighted by atomic mass is 9.76. The van der Waals surface area contributed by atoms with Crippen LogP contribution in [0, 0.1) is 11.8 Å². The van der Waals surface area contributed by atoms with Gasteiger partial charge in [-0.05, 0) is 19.4 Å². The molecule has 0 radical (unpaired) electrons. The number of carbonyl (C=O) groups excluding carboxylic acids is 3. The zero-order valence-corrected chi connectivity index (χ0v) is 14.9. The van der Waals surface area contributed by atoms with E-state index in [1.165, 1.54) is 4.90 Å². The number of anilines is 1. The number of nitrogens with one attached hydrogen (secondary N) is 2. The van der Waals surface area contributed by atoms with Crippen molar-refractivity contribution in [2.75, 3.05) is 11.9 Å². The fraction of sp³-hybridized carbons (Fsp3) is 0.500. The Hall–Kier alpha value is -1.92. The topological polar surface area (TPSA) is 78.5 Å². The van der Waals surface area contributed by atoms with Gasteiger partial charge in [0.05, 0.1) is 22.5 Å². The molecule has 1 aromatic rings. The first-order valence-corrected chi connectivity index (χ1v) is 9.04. The SMILES string of the molecule is CCCCN1C(=O)C2C(C)NC3(C(=O)Nc4c(Cl)cccc43)C2C1=O. The minimum Gasteiger partial charge on any atom is -0.323 e. The highest BCUT2D eigenvalue weighted by Gasteiger charge is 2.69. The number of benzene rings is 1. The number of unbranched alkanes of at least 4 members (excludes halogenated alkanes) is 1. The molecule has 25 heavy (non-hydrogen) atoms. The maximum atomic E-state index is 13.1. The number of likely N-dealkylation sites (tertiary alicyclic amines) is 1. The molecule has 2 N–H and O–H groups in total. The zero-order valence-electron chi connectivity index (χ0n) is 14.1. The smallest absolute Gasteiger partial charge is 0.250 e. The van der Waals surface area contributed by atoms with Crippen LogP contribution in [0.3, 0.4) is 0 Å². The number of halogens is 1. The first-order valence-electron chi connectivity index (χ1n) is 8.66. The summed E-state index contributed by atoms with van der Waals surface area (Å²) in [6.45, 7) is 4.28. The fourth-order valence-electron chi connectivity index (χ4n) is 4.55. The van der Waals surface area contributed by atoms with Gasteiger partial charge in [-0.1, -0.05) is 37.1 Å². The number of hydrogen-bond donors (Lipinski definition) is 2. The second-order valence-corrected chi connectivity index (χ2v) is 7.45. The van der Waals surface area contributed by atoms with Crippen LogP contribution < -0.4 is 10.6 Å². The monoisotopic (exact) mass is 361 g/mol. The number of carbonyl (C=O) groups is 3. The van der Waals surface area contributed by atoms with Crippen LogP contribution in [0.15, 0.2) is 18.2 Å². The number of nitrogens with zero attached hydrogens (tertiary/aromatic N) is 1. The van der Waals surface area contributed by atoms with E-state index < -0.39 is 17.4 Å². The normalized spacial score (nSPS) is 33.2. The van der Waals surface area contributed by atoms with Crippen molar-refractivity contribution < 1.29 is 14.4 Å². The van der Waals surface area contributed by atoms with Crippen molar-refractivity contribution in [1.82, 2.24) is 10.2 Å². The van der Waals surface area contributed by atoms with E-state index in [4.69, 9.17) is 11.6 Å². The van der Waals surface area contributed by atoms with Gasteiger partial charge in [-0.25, -0.2) is 0 Å². The molecular formula is C18H20ClN3O3. The van der Waals surface area contributed by atoms with E-state index in [0.717, 1.165) is 12.8 Å². The number of rotatable bonds is 3. The summed E-state index contributed by atoms with van der Waals surface area (Å²) in [5.41, 5.74) is -0.0394. The van der Waals surface area contributed by atoms with E-state index in [1.54, 1.807) is 18.2 Å². The van der Waals surface area contributed by atoms with Crippen LogP contribution in [0.5, 0.6) is 0 Å². The molecule has 7 heteroatoms. The summed E-state index contributed by atoms with van der Waals surface area (Å²) in [6.07, 6.45) is 1.66. The Morgan fingerprint density at radius 1 is 1.24 bits per heavy atom. The minimum atomic E-state index is -1.22. The summed E-state index contributed by atoms with van der Waals surface area (Å²) < 4.78 is 0. The highest BCUT2D eigenvalue weighted by atomic mass is 35.5. The third-order valence-electron chi connectivity index (χ3n) is 5.67. The highest BCUT2D eigenvalue weighted by Crippen LogP contribution is 2.53. The van der Waals surface area contributed by atoms with E-state index >= 15 is 0 Å². The number of fused-ring (bicyclic) bond motifs is 4. The summed E-state index contributed by atoms with van der Waals surface area (Å²) >= 11 is 6.23. The molecule has 4 rings (SSSR count). The largest absolute Gasteiger partial charge is 0.323 e. The molecule has 3 aliphatic heterocycles. The molecule has 132 valence electrons. The predicted molar refractivity (Wildman–Crippen MR) is 93.0 cm³/mol. The molecule has 1 spiro atoms. The van der Waals surface area contributed by atoms with Crippen LogP contribution in [0.25, 0.3) is 0 Å². The second kappa shape index (κ2) is 5.54. The standard InChI is InChI=1S/C18H20ClN3O3/c1-3-4-8-22-15(23)12-9(2)21-18(13(12)16(22)24)10-6-5-7-11(19)14(10)20-17(18)25/h5-7,9,12-13,21H,3-4,8H2,1-2H3,(H,20,25). The van der Waals surface area contributed by atoms with E-state index in [0.29, 0.717) is 22.8 Å². The Labute approximate surface area is 150 Å². The van der Waals surface area contributed by atoms with Crippen LogP contribution in [-0.2, 0) is 19.9 Å². The molecule has 3 aliphatic rings. The first-order chi connectivity index (χ1) is 11.9. The summed E-state index contributed by atoms with van der Waals surface area (Å²) in [5, 5.41) is 6.50. The Bertz CT molecular complexity index is 796. The third-order valence-corrected chi connectivity index (χ3v) is 5.99. The van der Waals surface area contributed by atoms with E-state index in [1.807, 2.05) is 13.8 Å². The van der Waals surface area contributed by atoms with Gasteiger partial charge in [0, 0.05) is 18.2 Å². The lowest BCUT2D eigenvalue weighted by Gasteiger charge is -2.29. The van der Waals surface area contributed by atoms with Crippen molar-refractivity contribution in [1.29, 1.82) is 0 Å². The molecule has 6 nitrogen and oxygen atoms in total. The van der Waals surface area contributed by atoms with Gasteiger partial charge in [-0.3, -0.25) is 24.6 Å². The molecule has 2 fully saturated rings. The number of amides is 3. The van der Waals surface area contributed by atoms with E-state index in [-0.39, 0.29) is 23.8 Å². The van der Waals surface area contributed by atoms with E-state index in [2.05, 4.69) is 10.6 Å². The van der Waals surface area contributed by atoms with Crippen LogP contribution in [0.2, 0.25) is 5.02 Å². The molecule has 0 aromatic heterocycles. The third kappa shape index (κ3) is 1.98. The molecule has 2 saturated heterocycles. The Balaban J connectivity index is 1.84. The van der Waals surface area contributed by atoms with Crippen LogP contribution in [0.4, 0.5) is 5.69 Å². The number of imide groups is 1. The van der Waals surface area contributed by atoms with Crippen LogP contribution in [-0.4, -0.2) is 35.2 Å². The molecule has 3 heterocycles. The average Bonchev–Trinajstić information content (AvgIpc) is 3.13. The average molecular weight is 362 g/mol. The predicted octanol–water partition coefficient (Wildman–Crippen LogP) is 1.88. The van der Waals surface area contributed by atoms with Crippen molar-refractivity contribution in [3.8, 4) is 0 Å². The van der Waals surface area contributed by atoms with Gasteiger partial charge < -0.3 is 5.32 Å². The maximum absolute atomic E-state index is 13.1. The lowest BCUT2D eigenvalue weighted by Crippen LogP contribution is -2.52. The van der Waals surface area contributed by atoms with Crippen LogP contribution >= 0.6 is 11.6 Å². The van der Waals surface area contributed by atoms with Crippen LogP contribution in [0.1, 0.15) is 32.3 Å². The summed E-state index contributed by atoms with van der Waals surface area (Å²) in [6, 6.07) is 4.99. The number of para-hydroxylation sites is 1. The van der Waals surface area contributed by atoms with Gasteiger partial charge in [0.2, 0.25) is 17.7 Å². The van der Waals surface area contributed by atoms with Gasteiger partial charge in [0.15, 0.2) is 0 Å². The Morgan fingerprint density at radius 2 is 2.00 bits per heavy atom. The van der Waals surface area contributed by atoms with Gasteiger partial charge in [0.25, 0.3) is 0 Å². The van der Waals surface area contributed by atoms with Gasteiger partial charge >= 0.3 is 0 Å². The van der Waals surface area contributed by atoms with Crippen molar-refractivity contribution in [3.63, 3.8) is 0 Å². The van der Waals surface area contributed by atoms with Gasteiger partial charge in [-0.15, -0.1) is 0 Å². The minimum absolute atomic E-state index is 0.177. The first kappa shape index (κ1) is 16.5. The quantitative estimate of drug-likeness (QED) is 0.806. The fourth-order valence-corrected chi connectivity index (χ4v) is 4.77. The van der Waals surface area contributed by atoms with Gasteiger partial charge in [0.1, 0.15) is 5.54 Å². The molecule has 4 atom stereocenters. The Morgan fingerprint density at radius 3 is 2.72 bits per heavy atom. The van der Waals surface area contributed by atoms with Crippen molar-refractivity contribution in [2.45, 2.75) is 38.3 Å². The van der Waals surface area contributed by atoms with Crippen molar-refractivity contribution in [2.24, 2.45) is 11.8 Å². The van der Waals surface area contributed by atoms with Gasteiger partial charge in [-0.2, -0.15) is 0 Å². The zero-order chi connectivity index (χ0) is 17.9. The highest BCUT2D eigenvalue weighted by molar-refractivity contribution is 6.35. The molecular weight excluding hydrogens is 342 g/mol. The van der Waals surface area contributed by atoms with Crippen molar-refractivity contribution >= 4 is 35.0 Å². The summed E-state index contributed by atoms with van der Waals surface area (Å²) in [4.78, 5) is 40.2. The second-order valence-electron chi connectivity index (χ2n) is 7.04. The molecule has 0 saturated carbocycles. The molecule has 0 aliphatic carbocycles. The summed E-state index contributed by atoms with van der Waals surface area (Å²) in [7, 11) is 0. The lowest BCUT2D eigenvalue weighted by molar-refractivity contribution is -0.142. The molecule has 3 amide bonds. The molecule has 0 bridgehead atoms. The number of hydrogen-bond acceptors (Lipinski definition) is 4. The maximum Gasteiger partial charge on any atom is 0.250 e.